The number of hydrogen-bond donors (Lipinski definition) is 1. The maximum absolute atomic E-state index is 12.9. The lowest BCUT2D eigenvalue weighted by Crippen LogP contribution is -2.48. The molecule has 0 radical (unpaired) electrons. The van der Waals surface area contributed by atoms with Gasteiger partial charge in [0, 0.05) is 22.2 Å². The highest BCUT2D eigenvalue weighted by molar-refractivity contribution is 14.1. The van der Waals surface area contributed by atoms with Crippen LogP contribution in [0.15, 0.2) is 18.2 Å². The van der Waals surface area contributed by atoms with Gasteiger partial charge >= 0.3 is 0 Å². The van der Waals surface area contributed by atoms with E-state index in [0.29, 0.717) is 6.04 Å². The van der Waals surface area contributed by atoms with E-state index in [1.807, 2.05) is 17.0 Å². The van der Waals surface area contributed by atoms with Crippen molar-refractivity contribution in [1.29, 1.82) is 0 Å². The SMILES string of the molecule is Cc1cccc(C(=O)N(CC2CCCCN2)C(C)C)c1I. The number of benzene rings is 1. The number of aryl methyl sites for hydroxylation is 1. The highest BCUT2D eigenvalue weighted by Crippen LogP contribution is 2.20. The fourth-order valence-corrected chi connectivity index (χ4v) is 3.40. The number of nitrogens with one attached hydrogen (secondary N) is 1. The minimum absolute atomic E-state index is 0.158. The van der Waals surface area contributed by atoms with Crippen LogP contribution in [0.2, 0.25) is 0 Å². The molecule has 0 saturated carbocycles. The molecule has 1 fully saturated rings. The van der Waals surface area contributed by atoms with Crippen LogP contribution < -0.4 is 5.32 Å². The van der Waals surface area contributed by atoms with Crippen LogP contribution in [0.25, 0.3) is 0 Å². The fourth-order valence-electron chi connectivity index (χ4n) is 2.81. The summed E-state index contributed by atoms with van der Waals surface area (Å²) in [6, 6.07) is 6.63. The smallest absolute Gasteiger partial charge is 0.255 e. The summed E-state index contributed by atoms with van der Waals surface area (Å²) in [6.45, 7) is 8.14. The topological polar surface area (TPSA) is 32.3 Å². The third-order valence-corrected chi connectivity index (χ3v) is 5.57. The second kappa shape index (κ2) is 7.58. The molecular formula is C17H25IN2O. The molecule has 1 N–H and O–H groups in total. The van der Waals surface area contributed by atoms with Crippen molar-refractivity contribution in [1.82, 2.24) is 10.2 Å². The monoisotopic (exact) mass is 400 g/mol. The van der Waals surface area contributed by atoms with Crippen molar-refractivity contribution < 1.29 is 4.79 Å². The third kappa shape index (κ3) is 4.19. The number of hydrogen-bond acceptors (Lipinski definition) is 2. The summed E-state index contributed by atoms with van der Waals surface area (Å²) in [4.78, 5) is 14.9. The van der Waals surface area contributed by atoms with Gasteiger partial charge in [0.15, 0.2) is 0 Å². The molecular weight excluding hydrogens is 375 g/mol. The van der Waals surface area contributed by atoms with E-state index in [4.69, 9.17) is 0 Å². The lowest BCUT2D eigenvalue weighted by atomic mass is 10.0. The molecule has 2 rings (SSSR count). The van der Waals surface area contributed by atoms with Crippen molar-refractivity contribution in [3.05, 3.63) is 32.9 Å². The Kier molecular flexibility index (Phi) is 6.05. The Bertz CT molecular complexity index is 496. The molecule has 1 saturated heterocycles. The molecule has 4 heteroatoms. The first-order chi connectivity index (χ1) is 10.0. The lowest BCUT2D eigenvalue weighted by Gasteiger charge is -2.33. The van der Waals surface area contributed by atoms with Gasteiger partial charge in [-0.15, -0.1) is 0 Å². The van der Waals surface area contributed by atoms with Crippen molar-refractivity contribution in [2.45, 2.75) is 52.1 Å². The molecule has 1 atom stereocenters. The minimum Gasteiger partial charge on any atom is -0.335 e. The average molecular weight is 400 g/mol. The molecule has 1 amide bonds. The lowest BCUT2D eigenvalue weighted by molar-refractivity contribution is 0.0675. The second-order valence-electron chi connectivity index (χ2n) is 6.13. The molecule has 0 spiro atoms. The van der Waals surface area contributed by atoms with Gasteiger partial charge in [0.25, 0.3) is 5.91 Å². The van der Waals surface area contributed by atoms with Gasteiger partial charge in [0.1, 0.15) is 0 Å². The van der Waals surface area contributed by atoms with Gasteiger partial charge in [-0.1, -0.05) is 18.6 Å². The van der Waals surface area contributed by atoms with E-state index in [1.54, 1.807) is 0 Å². The highest BCUT2D eigenvalue weighted by Gasteiger charge is 2.25. The van der Waals surface area contributed by atoms with Crippen LogP contribution in [-0.2, 0) is 0 Å². The van der Waals surface area contributed by atoms with E-state index in [2.05, 4.69) is 54.7 Å². The molecule has 0 bridgehead atoms. The maximum atomic E-state index is 12.9. The quantitative estimate of drug-likeness (QED) is 0.784. The van der Waals surface area contributed by atoms with Crippen LogP contribution in [0.3, 0.4) is 0 Å². The van der Waals surface area contributed by atoms with Gasteiger partial charge in [-0.05, 0) is 74.4 Å². The average Bonchev–Trinajstić information content (AvgIpc) is 2.48. The van der Waals surface area contributed by atoms with Gasteiger partial charge in [-0.25, -0.2) is 0 Å². The minimum atomic E-state index is 0.158. The number of piperidine rings is 1. The number of rotatable bonds is 4. The summed E-state index contributed by atoms with van der Waals surface area (Å²) in [6.07, 6.45) is 3.68. The molecule has 1 aromatic rings. The van der Waals surface area contributed by atoms with Crippen molar-refractivity contribution in [2.24, 2.45) is 0 Å². The Hall–Kier alpha value is -0.620. The summed E-state index contributed by atoms with van der Waals surface area (Å²) in [5.74, 6) is 0.158. The van der Waals surface area contributed by atoms with Crippen molar-refractivity contribution in [2.75, 3.05) is 13.1 Å². The van der Waals surface area contributed by atoms with Crippen LogP contribution in [0.5, 0.6) is 0 Å². The zero-order chi connectivity index (χ0) is 15.4. The van der Waals surface area contributed by atoms with Gasteiger partial charge < -0.3 is 10.2 Å². The van der Waals surface area contributed by atoms with Crippen molar-refractivity contribution in [3.8, 4) is 0 Å². The van der Waals surface area contributed by atoms with E-state index in [-0.39, 0.29) is 11.9 Å². The zero-order valence-electron chi connectivity index (χ0n) is 13.2. The van der Waals surface area contributed by atoms with E-state index in [9.17, 15) is 4.79 Å². The maximum Gasteiger partial charge on any atom is 0.255 e. The van der Waals surface area contributed by atoms with E-state index >= 15 is 0 Å². The Balaban J connectivity index is 2.17. The number of carbonyl (C=O) groups is 1. The summed E-state index contributed by atoms with van der Waals surface area (Å²) >= 11 is 2.28. The first-order valence-electron chi connectivity index (χ1n) is 7.80. The summed E-state index contributed by atoms with van der Waals surface area (Å²) in [7, 11) is 0. The summed E-state index contributed by atoms with van der Waals surface area (Å²) in [5.41, 5.74) is 2.00. The van der Waals surface area contributed by atoms with Crippen LogP contribution in [0, 0.1) is 10.5 Å². The Morgan fingerprint density at radius 2 is 2.19 bits per heavy atom. The zero-order valence-corrected chi connectivity index (χ0v) is 15.3. The summed E-state index contributed by atoms with van der Waals surface area (Å²) in [5, 5.41) is 3.54. The standard InChI is InChI=1S/C17H25IN2O/c1-12(2)20(11-14-8-4-5-10-19-14)17(21)15-9-6-7-13(3)16(15)18/h6-7,9,12,14,19H,4-5,8,10-11H2,1-3H3. The molecule has 1 aromatic carbocycles. The first kappa shape index (κ1) is 16.7. The van der Waals surface area contributed by atoms with Gasteiger partial charge in [-0.2, -0.15) is 0 Å². The first-order valence-corrected chi connectivity index (χ1v) is 8.88. The van der Waals surface area contributed by atoms with Crippen LogP contribution in [0.4, 0.5) is 0 Å². The normalized spacial score (nSPS) is 18.8. The molecule has 21 heavy (non-hydrogen) atoms. The number of carbonyl (C=O) groups excluding carboxylic acids is 1. The Morgan fingerprint density at radius 3 is 2.81 bits per heavy atom. The largest absolute Gasteiger partial charge is 0.335 e. The van der Waals surface area contributed by atoms with Crippen molar-refractivity contribution in [3.63, 3.8) is 0 Å². The van der Waals surface area contributed by atoms with Crippen LogP contribution in [-0.4, -0.2) is 36.0 Å². The summed E-state index contributed by atoms with van der Waals surface area (Å²) < 4.78 is 1.07. The van der Waals surface area contributed by atoms with E-state index < -0.39 is 0 Å². The number of amides is 1. The molecule has 1 aliphatic rings. The predicted octanol–water partition coefficient (Wildman–Crippen LogP) is 3.59. The van der Waals surface area contributed by atoms with Gasteiger partial charge in [0.05, 0.1) is 5.56 Å². The molecule has 1 heterocycles. The fraction of sp³-hybridized carbons (Fsp3) is 0.588. The molecule has 3 nitrogen and oxygen atoms in total. The van der Waals surface area contributed by atoms with Crippen LogP contribution in [0.1, 0.15) is 49.0 Å². The van der Waals surface area contributed by atoms with Gasteiger partial charge in [0.2, 0.25) is 0 Å². The second-order valence-corrected chi connectivity index (χ2v) is 7.21. The predicted molar refractivity (Wildman–Crippen MR) is 95.7 cm³/mol. The van der Waals surface area contributed by atoms with Gasteiger partial charge in [-0.3, -0.25) is 4.79 Å². The third-order valence-electron chi connectivity index (χ3n) is 4.14. The van der Waals surface area contributed by atoms with E-state index in [1.165, 1.54) is 24.8 Å². The molecule has 0 aliphatic carbocycles. The Morgan fingerprint density at radius 1 is 1.43 bits per heavy atom. The van der Waals surface area contributed by atoms with Crippen molar-refractivity contribution >= 4 is 28.5 Å². The highest BCUT2D eigenvalue weighted by atomic mass is 127. The van der Waals surface area contributed by atoms with Crippen LogP contribution >= 0.6 is 22.6 Å². The molecule has 116 valence electrons. The Labute approximate surface area is 141 Å². The molecule has 1 unspecified atom stereocenters. The molecule has 0 aromatic heterocycles. The number of halogens is 1. The van der Waals surface area contributed by atoms with E-state index in [0.717, 1.165) is 22.2 Å². The number of nitrogens with zero attached hydrogens (tertiary/aromatic N) is 1. The molecule has 1 aliphatic heterocycles.